The van der Waals surface area contributed by atoms with Crippen molar-refractivity contribution in [1.29, 1.82) is 0 Å². The summed E-state index contributed by atoms with van der Waals surface area (Å²) >= 11 is 0. The summed E-state index contributed by atoms with van der Waals surface area (Å²) in [5, 5.41) is 3.42. The van der Waals surface area contributed by atoms with Gasteiger partial charge in [0.15, 0.2) is 0 Å². The maximum atomic E-state index is 5.69. The number of hydrogen-bond acceptors (Lipinski definition) is 2. The van der Waals surface area contributed by atoms with E-state index in [9.17, 15) is 0 Å². The molecule has 15 heavy (non-hydrogen) atoms. The van der Waals surface area contributed by atoms with Crippen LogP contribution in [-0.4, -0.2) is 19.7 Å². The molecular weight excluding hydrogens is 186 g/mol. The monoisotopic (exact) mass is 209 g/mol. The van der Waals surface area contributed by atoms with Gasteiger partial charge in [0.2, 0.25) is 0 Å². The molecule has 86 valence electrons. The zero-order chi connectivity index (χ0) is 11.3. The van der Waals surface area contributed by atoms with Crippen LogP contribution in [0.1, 0.15) is 34.1 Å². The van der Waals surface area contributed by atoms with Crippen LogP contribution in [0.4, 0.5) is 0 Å². The molecule has 2 rings (SSSR count). The lowest BCUT2D eigenvalue weighted by Crippen LogP contribution is -2.32. The van der Waals surface area contributed by atoms with Crippen molar-refractivity contribution >= 4 is 0 Å². The molecule has 2 heteroatoms. The van der Waals surface area contributed by atoms with Crippen molar-refractivity contribution in [3.63, 3.8) is 0 Å². The van der Waals surface area contributed by atoms with Crippen LogP contribution >= 0.6 is 0 Å². The van der Waals surface area contributed by atoms with Crippen molar-refractivity contribution in [3.8, 4) is 0 Å². The molecule has 1 aliphatic heterocycles. The largest absolute Gasteiger partial charge is 0.496 e. The normalized spacial score (nSPS) is 29.5. The maximum Gasteiger partial charge on any atom is 0.109 e. The summed E-state index contributed by atoms with van der Waals surface area (Å²) in [6.07, 6.45) is 3.31. The number of likely N-dealkylation sites (N-methyl/N-ethyl adjacent to an activating group) is 1. The Morgan fingerprint density at radius 3 is 2.27 bits per heavy atom. The summed E-state index contributed by atoms with van der Waals surface area (Å²) in [5.74, 6) is 1.85. The van der Waals surface area contributed by atoms with Gasteiger partial charge in [-0.3, -0.25) is 0 Å². The second-order valence-electron chi connectivity index (χ2n) is 5.93. The minimum Gasteiger partial charge on any atom is -0.496 e. The molecule has 0 amide bonds. The van der Waals surface area contributed by atoms with Gasteiger partial charge in [-0.15, -0.1) is 0 Å². The van der Waals surface area contributed by atoms with Gasteiger partial charge in [0.1, 0.15) is 5.76 Å². The molecular formula is C13H23NO. The summed E-state index contributed by atoms with van der Waals surface area (Å²) in [5.41, 5.74) is 0.820. The van der Waals surface area contributed by atoms with Crippen molar-refractivity contribution in [2.75, 3.05) is 13.7 Å². The van der Waals surface area contributed by atoms with E-state index in [0.29, 0.717) is 22.8 Å². The quantitative estimate of drug-likeness (QED) is 0.771. The fourth-order valence-corrected chi connectivity index (χ4v) is 3.21. The fraction of sp³-hybridized carbons (Fsp3) is 0.846. The van der Waals surface area contributed by atoms with Crippen molar-refractivity contribution in [2.24, 2.45) is 16.7 Å². The Bertz CT molecular complexity index is 277. The third-order valence-electron chi connectivity index (χ3n) is 4.82. The molecule has 0 saturated heterocycles. The lowest BCUT2D eigenvalue weighted by atomic mass is 10.0. The second-order valence-corrected chi connectivity index (χ2v) is 5.93. The van der Waals surface area contributed by atoms with E-state index < -0.39 is 0 Å². The first kappa shape index (κ1) is 11.0. The highest BCUT2D eigenvalue weighted by molar-refractivity contribution is 5.23. The van der Waals surface area contributed by atoms with Gasteiger partial charge in [-0.2, -0.15) is 0 Å². The van der Waals surface area contributed by atoms with Crippen LogP contribution in [0, 0.1) is 16.7 Å². The first-order valence-electron chi connectivity index (χ1n) is 5.93. The zero-order valence-corrected chi connectivity index (χ0v) is 10.6. The fourth-order valence-electron chi connectivity index (χ4n) is 3.21. The molecule has 0 aromatic rings. The van der Waals surface area contributed by atoms with Gasteiger partial charge in [0.25, 0.3) is 0 Å². The standard InChI is InChI=1S/C13H23NO/c1-12(2)11(13(12,3)4)10(14-5)9-7-6-8-15-9/h7,10-11,14H,6,8H2,1-5H3. The smallest absolute Gasteiger partial charge is 0.109 e. The van der Waals surface area contributed by atoms with Crippen LogP contribution in [0.2, 0.25) is 0 Å². The van der Waals surface area contributed by atoms with E-state index in [1.54, 1.807) is 0 Å². The van der Waals surface area contributed by atoms with E-state index in [-0.39, 0.29) is 0 Å². The molecule has 1 atom stereocenters. The number of ether oxygens (including phenoxy) is 1. The summed E-state index contributed by atoms with van der Waals surface area (Å²) in [6, 6.07) is 0.400. The number of rotatable bonds is 3. The van der Waals surface area contributed by atoms with Crippen molar-refractivity contribution in [2.45, 2.75) is 40.2 Å². The Labute approximate surface area is 93.1 Å². The minimum atomic E-state index is 0.400. The molecule has 0 radical (unpaired) electrons. The molecule has 0 aromatic carbocycles. The van der Waals surface area contributed by atoms with Gasteiger partial charge < -0.3 is 10.1 Å². The third kappa shape index (κ3) is 1.42. The molecule has 1 fully saturated rings. The predicted octanol–water partition coefficient (Wildman–Crippen LogP) is 2.56. The van der Waals surface area contributed by atoms with Crippen LogP contribution in [0.25, 0.3) is 0 Å². The summed E-state index contributed by atoms with van der Waals surface area (Å²) in [6.45, 7) is 10.3. The molecule has 0 bridgehead atoms. The van der Waals surface area contributed by atoms with Crippen molar-refractivity contribution in [3.05, 3.63) is 11.8 Å². The average molecular weight is 209 g/mol. The molecule has 2 nitrogen and oxygen atoms in total. The lowest BCUT2D eigenvalue weighted by molar-refractivity contribution is 0.203. The number of hydrogen-bond donors (Lipinski definition) is 1. The van der Waals surface area contributed by atoms with Gasteiger partial charge in [0.05, 0.1) is 12.6 Å². The minimum absolute atomic E-state index is 0.400. The molecule has 1 saturated carbocycles. The van der Waals surface area contributed by atoms with Crippen LogP contribution in [-0.2, 0) is 4.74 Å². The second kappa shape index (κ2) is 3.24. The van der Waals surface area contributed by atoms with E-state index in [0.717, 1.165) is 13.0 Å². The van der Waals surface area contributed by atoms with E-state index in [2.05, 4.69) is 39.1 Å². The van der Waals surface area contributed by atoms with Gasteiger partial charge in [-0.05, 0) is 29.9 Å². The van der Waals surface area contributed by atoms with E-state index in [1.165, 1.54) is 5.76 Å². The highest BCUT2D eigenvalue weighted by atomic mass is 16.5. The van der Waals surface area contributed by atoms with E-state index in [1.807, 2.05) is 7.05 Å². The topological polar surface area (TPSA) is 21.3 Å². The lowest BCUT2D eigenvalue weighted by Gasteiger charge is -2.19. The first-order valence-corrected chi connectivity index (χ1v) is 5.93. The van der Waals surface area contributed by atoms with Crippen LogP contribution in [0.15, 0.2) is 11.8 Å². The van der Waals surface area contributed by atoms with Crippen molar-refractivity contribution in [1.82, 2.24) is 5.32 Å². The zero-order valence-electron chi connectivity index (χ0n) is 10.6. The predicted molar refractivity (Wildman–Crippen MR) is 62.6 cm³/mol. The summed E-state index contributed by atoms with van der Waals surface area (Å²) in [4.78, 5) is 0. The van der Waals surface area contributed by atoms with E-state index in [4.69, 9.17) is 4.74 Å². The van der Waals surface area contributed by atoms with E-state index >= 15 is 0 Å². The Morgan fingerprint density at radius 2 is 1.93 bits per heavy atom. The molecule has 0 spiro atoms. The SMILES string of the molecule is CNC(C1=CCCO1)C1C(C)(C)C1(C)C. The van der Waals surface area contributed by atoms with Crippen LogP contribution < -0.4 is 5.32 Å². The molecule has 1 aliphatic carbocycles. The molecule has 0 aromatic heterocycles. The Hall–Kier alpha value is -0.500. The average Bonchev–Trinajstić information content (AvgIpc) is 2.63. The van der Waals surface area contributed by atoms with Gasteiger partial charge in [0, 0.05) is 6.42 Å². The Balaban J connectivity index is 2.16. The van der Waals surface area contributed by atoms with Crippen molar-refractivity contribution < 1.29 is 4.74 Å². The van der Waals surface area contributed by atoms with Gasteiger partial charge in [-0.1, -0.05) is 27.7 Å². The third-order valence-corrected chi connectivity index (χ3v) is 4.82. The Kier molecular flexibility index (Phi) is 2.38. The molecule has 2 aliphatic rings. The highest BCUT2D eigenvalue weighted by Gasteiger charge is 2.67. The number of nitrogens with one attached hydrogen (secondary N) is 1. The van der Waals surface area contributed by atoms with Gasteiger partial charge >= 0.3 is 0 Å². The van der Waals surface area contributed by atoms with Crippen LogP contribution in [0.5, 0.6) is 0 Å². The summed E-state index contributed by atoms with van der Waals surface area (Å²) < 4.78 is 5.69. The molecule has 1 N–H and O–H groups in total. The Morgan fingerprint density at radius 1 is 1.33 bits per heavy atom. The molecule has 1 unspecified atom stereocenters. The first-order chi connectivity index (χ1) is 6.93. The maximum absolute atomic E-state index is 5.69. The van der Waals surface area contributed by atoms with Gasteiger partial charge in [-0.25, -0.2) is 0 Å². The molecule has 1 heterocycles. The summed E-state index contributed by atoms with van der Waals surface area (Å²) in [7, 11) is 2.04. The highest BCUT2D eigenvalue weighted by Crippen LogP contribution is 2.70. The van der Waals surface area contributed by atoms with Crippen LogP contribution in [0.3, 0.4) is 0 Å².